The van der Waals surface area contributed by atoms with Gasteiger partial charge >= 0.3 is 0 Å². The van der Waals surface area contributed by atoms with Crippen LogP contribution in [-0.4, -0.2) is 35.6 Å². The molecule has 36 heavy (non-hydrogen) atoms. The van der Waals surface area contributed by atoms with Gasteiger partial charge in [-0.15, -0.1) is 0 Å². The number of nitrogens with zero attached hydrogens (tertiary/aromatic N) is 6. The molecule has 0 bridgehead atoms. The summed E-state index contributed by atoms with van der Waals surface area (Å²) in [5.41, 5.74) is 12.5. The van der Waals surface area contributed by atoms with Gasteiger partial charge in [0, 0.05) is 23.6 Å². The molecule has 4 heterocycles. The minimum atomic E-state index is -0.154. The fraction of sp³-hybridized carbons (Fsp3) is 0.154. The van der Waals surface area contributed by atoms with Crippen LogP contribution in [0.2, 0.25) is 0 Å². The van der Waals surface area contributed by atoms with E-state index in [-0.39, 0.29) is 5.91 Å². The van der Waals surface area contributed by atoms with Crippen LogP contribution in [0.15, 0.2) is 54.9 Å². The van der Waals surface area contributed by atoms with Gasteiger partial charge in [-0.25, -0.2) is 19.6 Å². The second-order valence-electron chi connectivity index (χ2n) is 8.49. The van der Waals surface area contributed by atoms with Crippen LogP contribution >= 0.6 is 11.3 Å². The van der Waals surface area contributed by atoms with Crippen molar-refractivity contribution < 1.29 is 4.79 Å². The van der Waals surface area contributed by atoms with Crippen LogP contribution in [0, 0.1) is 0 Å². The highest BCUT2D eigenvalue weighted by molar-refractivity contribution is 7.22. The monoisotopic (exact) mass is 494 g/mol. The van der Waals surface area contributed by atoms with Crippen LogP contribution in [0.1, 0.15) is 25.1 Å². The number of benzene rings is 2. The van der Waals surface area contributed by atoms with Gasteiger partial charge < -0.3 is 11.1 Å². The summed E-state index contributed by atoms with van der Waals surface area (Å²) in [6.45, 7) is 4.07. The first-order valence-corrected chi connectivity index (χ1v) is 12.3. The number of nitrogen functional groups attached to an aromatic ring is 1. The first kappa shape index (κ1) is 22.1. The lowest BCUT2D eigenvalue weighted by molar-refractivity contribution is -0.114. The molecule has 0 fully saturated rings. The van der Waals surface area contributed by atoms with E-state index >= 15 is 0 Å². The second kappa shape index (κ2) is 8.65. The number of aryl methyl sites for hydroxylation is 1. The quantitative estimate of drug-likeness (QED) is 0.353. The van der Waals surface area contributed by atoms with E-state index in [1.165, 1.54) is 24.6 Å². The van der Waals surface area contributed by atoms with Gasteiger partial charge in [0.25, 0.3) is 0 Å². The predicted molar refractivity (Wildman–Crippen MR) is 143 cm³/mol. The standard InChI is InChI=1S/C26H22N8OS/c1-3-18-17(10-15-6-4-5-7-19(15)31-18)12-34-25-22(24(27)28-13-29-25)23(33-34)16-8-9-20-21(11-16)36-26(32-20)30-14(2)35/h4-11,13H,3,12H2,1-2H3,(H2,27,28,29)(H,30,32,35). The molecule has 6 rings (SSSR count). The maximum Gasteiger partial charge on any atom is 0.223 e. The van der Waals surface area contributed by atoms with E-state index in [1.807, 2.05) is 41.1 Å². The van der Waals surface area contributed by atoms with Crippen molar-refractivity contribution in [3.63, 3.8) is 0 Å². The Bertz CT molecular complexity index is 1790. The summed E-state index contributed by atoms with van der Waals surface area (Å²) in [5, 5.41) is 10.1. The molecule has 10 heteroatoms. The van der Waals surface area contributed by atoms with Gasteiger partial charge in [-0.05, 0) is 36.2 Å². The average molecular weight is 495 g/mol. The summed E-state index contributed by atoms with van der Waals surface area (Å²) in [4.78, 5) is 29.6. The van der Waals surface area contributed by atoms with Crippen molar-refractivity contribution in [3.8, 4) is 11.3 Å². The minimum Gasteiger partial charge on any atom is -0.383 e. The SMILES string of the molecule is CCc1nc2ccccc2cc1Cn1nc(-c2ccc3nc(NC(C)=O)sc3c2)c2c(N)ncnc21. The number of nitrogens with one attached hydrogen (secondary N) is 1. The Morgan fingerprint density at radius 2 is 1.94 bits per heavy atom. The molecule has 4 aromatic heterocycles. The summed E-state index contributed by atoms with van der Waals surface area (Å²) < 4.78 is 2.80. The molecule has 0 aliphatic carbocycles. The van der Waals surface area contributed by atoms with Crippen LogP contribution in [0.4, 0.5) is 10.9 Å². The number of carbonyl (C=O) groups excluding carboxylic acids is 1. The van der Waals surface area contributed by atoms with Gasteiger partial charge in [0.2, 0.25) is 5.91 Å². The molecule has 178 valence electrons. The fourth-order valence-corrected chi connectivity index (χ4v) is 5.37. The summed E-state index contributed by atoms with van der Waals surface area (Å²) >= 11 is 1.41. The van der Waals surface area contributed by atoms with Crippen LogP contribution in [0.3, 0.4) is 0 Å². The number of hydrogen-bond acceptors (Lipinski definition) is 8. The van der Waals surface area contributed by atoms with E-state index in [0.29, 0.717) is 34.2 Å². The van der Waals surface area contributed by atoms with Crippen molar-refractivity contribution in [1.29, 1.82) is 0 Å². The molecule has 9 nitrogen and oxygen atoms in total. The number of rotatable bonds is 5. The molecule has 3 N–H and O–H groups in total. The van der Waals surface area contributed by atoms with E-state index in [2.05, 4.69) is 39.3 Å². The van der Waals surface area contributed by atoms with Crippen LogP contribution in [-0.2, 0) is 17.8 Å². The summed E-state index contributed by atoms with van der Waals surface area (Å²) in [6, 6.07) is 16.2. The van der Waals surface area contributed by atoms with Crippen molar-refractivity contribution in [2.24, 2.45) is 0 Å². The second-order valence-corrected chi connectivity index (χ2v) is 9.52. The molecule has 0 aliphatic rings. The lowest BCUT2D eigenvalue weighted by Gasteiger charge is -2.10. The molecule has 0 unspecified atom stereocenters. The Morgan fingerprint density at radius 1 is 1.08 bits per heavy atom. The summed E-state index contributed by atoms with van der Waals surface area (Å²) in [7, 11) is 0. The van der Waals surface area contributed by atoms with Gasteiger partial charge in [0.1, 0.15) is 17.8 Å². The lowest BCUT2D eigenvalue weighted by atomic mass is 10.1. The number of carbonyl (C=O) groups is 1. The lowest BCUT2D eigenvalue weighted by Crippen LogP contribution is -2.07. The third kappa shape index (κ3) is 3.81. The number of hydrogen-bond donors (Lipinski definition) is 2. The number of thiazole rings is 1. The number of aromatic nitrogens is 6. The van der Waals surface area contributed by atoms with Gasteiger partial charge in [-0.2, -0.15) is 5.10 Å². The summed E-state index contributed by atoms with van der Waals surface area (Å²) in [5.74, 6) is 0.218. The van der Waals surface area contributed by atoms with E-state index in [1.54, 1.807) is 0 Å². The average Bonchev–Trinajstić information content (AvgIpc) is 3.44. The number of amides is 1. The number of nitrogens with two attached hydrogens (primary N) is 1. The molecule has 0 atom stereocenters. The van der Waals surface area contributed by atoms with Crippen LogP contribution < -0.4 is 11.1 Å². The molecule has 2 aromatic carbocycles. The van der Waals surface area contributed by atoms with E-state index < -0.39 is 0 Å². The largest absolute Gasteiger partial charge is 0.383 e. The van der Waals surface area contributed by atoms with Crippen molar-refractivity contribution in [2.45, 2.75) is 26.8 Å². The molecule has 1 amide bonds. The zero-order chi connectivity index (χ0) is 24.8. The Balaban J connectivity index is 1.48. The summed E-state index contributed by atoms with van der Waals surface area (Å²) in [6.07, 6.45) is 2.27. The highest BCUT2D eigenvalue weighted by Gasteiger charge is 2.19. The number of fused-ring (bicyclic) bond motifs is 3. The Kier molecular flexibility index (Phi) is 5.30. The highest BCUT2D eigenvalue weighted by atomic mass is 32.1. The number of pyridine rings is 1. The zero-order valence-corrected chi connectivity index (χ0v) is 20.5. The predicted octanol–water partition coefficient (Wildman–Crippen LogP) is 4.80. The molecular formula is C26H22N8OS. The van der Waals surface area contributed by atoms with Gasteiger partial charge in [-0.1, -0.05) is 42.5 Å². The third-order valence-corrected chi connectivity index (χ3v) is 6.98. The Labute approximate surface area is 210 Å². The highest BCUT2D eigenvalue weighted by Crippen LogP contribution is 2.35. The van der Waals surface area contributed by atoms with E-state index in [0.717, 1.165) is 44.4 Å². The number of anilines is 2. The Hall–Kier alpha value is -4.44. The van der Waals surface area contributed by atoms with E-state index in [9.17, 15) is 4.79 Å². The maximum absolute atomic E-state index is 11.4. The van der Waals surface area contributed by atoms with Crippen molar-refractivity contribution in [3.05, 3.63) is 66.1 Å². The first-order valence-electron chi connectivity index (χ1n) is 11.5. The zero-order valence-electron chi connectivity index (χ0n) is 19.7. The molecule has 0 spiro atoms. The normalized spacial score (nSPS) is 11.5. The van der Waals surface area contributed by atoms with Gasteiger partial charge in [0.15, 0.2) is 10.8 Å². The van der Waals surface area contributed by atoms with Gasteiger partial charge in [0.05, 0.1) is 27.7 Å². The minimum absolute atomic E-state index is 0.154. The van der Waals surface area contributed by atoms with Crippen molar-refractivity contribution in [2.75, 3.05) is 11.1 Å². The maximum atomic E-state index is 11.4. The van der Waals surface area contributed by atoms with Crippen LogP contribution in [0.5, 0.6) is 0 Å². The topological polar surface area (TPSA) is 124 Å². The third-order valence-electron chi connectivity index (χ3n) is 6.05. The number of para-hydroxylation sites is 1. The molecule has 0 saturated heterocycles. The molecular weight excluding hydrogens is 472 g/mol. The molecule has 6 aromatic rings. The smallest absolute Gasteiger partial charge is 0.223 e. The fourth-order valence-electron chi connectivity index (χ4n) is 4.42. The Morgan fingerprint density at radius 3 is 2.78 bits per heavy atom. The molecule has 0 radical (unpaired) electrons. The van der Waals surface area contributed by atoms with Crippen molar-refractivity contribution >= 4 is 60.3 Å². The van der Waals surface area contributed by atoms with Crippen LogP contribution in [0.25, 0.3) is 43.4 Å². The van der Waals surface area contributed by atoms with Gasteiger partial charge in [-0.3, -0.25) is 9.78 Å². The molecule has 0 aliphatic heterocycles. The van der Waals surface area contributed by atoms with E-state index in [4.69, 9.17) is 15.8 Å². The van der Waals surface area contributed by atoms with Crippen molar-refractivity contribution in [1.82, 2.24) is 29.7 Å². The first-order chi connectivity index (χ1) is 17.5. The molecule has 0 saturated carbocycles.